The van der Waals surface area contributed by atoms with Crippen molar-refractivity contribution in [3.63, 3.8) is 0 Å². The molecule has 1 aliphatic heterocycles. The predicted octanol–water partition coefficient (Wildman–Crippen LogP) is -0.104. The van der Waals surface area contributed by atoms with Crippen LogP contribution in [0.3, 0.4) is 0 Å². The summed E-state index contributed by atoms with van der Waals surface area (Å²) in [6, 6.07) is 0.162. The first-order chi connectivity index (χ1) is 9.65. The first-order valence-corrected chi connectivity index (χ1v) is 7.17. The fourth-order valence-corrected chi connectivity index (χ4v) is 2.54. The molecule has 0 saturated carbocycles. The topological polar surface area (TPSA) is 85.3 Å². The second-order valence-corrected chi connectivity index (χ2v) is 5.22. The normalized spacial score (nSPS) is 17.4. The number of carbonyl (C=O) groups is 1. The zero-order valence-corrected chi connectivity index (χ0v) is 12.2. The Labute approximate surface area is 119 Å². The van der Waals surface area contributed by atoms with E-state index in [0.29, 0.717) is 18.8 Å². The van der Waals surface area contributed by atoms with Crippen LogP contribution < -0.4 is 0 Å². The second-order valence-electron chi connectivity index (χ2n) is 5.22. The van der Waals surface area contributed by atoms with Crippen LogP contribution in [-0.2, 0) is 6.42 Å². The van der Waals surface area contributed by atoms with Gasteiger partial charge in [0.25, 0.3) is 5.91 Å². The van der Waals surface area contributed by atoms with Gasteiger partial charge in [0.15, 0.2) is 0 Å². The van der Waals surface area contributed by atoms with Crippen LogP contribution in [0.5, 0.6) is 0 Å². The molecule has 0 aliphatic carbocycles. The molecule has 1 aromatic rings. The van der Waals surface area contributed by atoms with E-state index >= 15 is 0 Å². The number of aromatic nitrogens is 3. The van der Waals surface area contributed by atoms with Crippen molar-refractivity contribution in [2.75, 3.05) is 33.3 Å². The molecule has 1 aromatic heterocycles. The number of H-pyrrole nitrogens is 1. The van der Waals surface area contributed by atoms with E-state index in [1.54, 1.807) is 4.90 Å². The Morgan fingerprint density at radius 2 is 2.20 bits per heavy atom. The molecule has 1 saturated heterocycles. The molecule has 112 valence electrons. The summed E-state index contributed by atoms with van der Waals surface area (Å²) in [6.07, 6.45) is 2.56. The molecule has 0 bridgehead atoms. The maximum atomic E-state index is 12.5. The molecular weight excluding hydrogens is 258 g/mol. The van der Waals surface area contributed by atoms with Crippen LogP contribution in [-0.4, -0.2) is 75.3 Å². The Morgan fingerprint density at radius 3 is 2.75 bits per heavy atom. The number of rotatable bonds is 5. The van der Waals surface area contributed by atoms with Crippen molar-refractivity contribution in [2.24, 2.45) is 0 Å². The van der Waals surface area contributed by atoms with E-state index in [4.69, 9.17) is 0 Å². The van der Waals surface area contributed by atoms with Gasteiger partial charge in [0.05, 0.1) is 6.61 Å². The highest BCUT2D eigenvalue weighted by molar-refractivity contribution is 5.90. The molecule has 20 heavy (non-hydrogen) atoms. The predicted molar refractivity (Wildman–Crippen MR) is 74.4 cm³/mol. The summed E-state index contributed by atoms with van der Waals surface area (Å²) >= 11 is 0. The lowest BCUT2D eigenvalue weighted by atomic mass is 10.0. The van der Waals surface area contributed by atoms with Gasteiger partial charge in [-0.15, -0.1) is 5.10 Å². The van der Waals surface area contributed by atoms with Gasteiger partial charge < -0.3 is 14.9 Å². The van der Waals surface area contributed by atoms with E-state index in [2.05, 4.69) is 27.1 Å². The van der Waals surface area contributed by atoms with Crippen molar-refractivity contribution in [3.05, 3.63) is 11.6 Å². The molecule has 2 rings (SSSR count). The number of aromatic amines is 1. The first-order valence-electron chi connectivity index (χ1n) is 7.17. The third kappa shape index (κ3) is 3.34. The van der Waals surface area contributed by atoms with E-state index in [1.165, 1.54) is 0 Å². The number of likely N-dealkylation sites (tertiary alicyclic amines) is 1. The summed E-state index contributed by atoms with van der Waals surface area (Å²) in [5.74, 6) is 0.722. The molecule has 0 atom stereocenters. The molecule has 0 unspecified atom stereocenters. The minimum absolute atomic E-state index is 0.0386. The Kier molecular flexibility index (Phi) is 5.08. The third-order valence-electron chi connectivity index (χ3n) is 3.79. The van der Waals surface area contributed by atoms with Crippen LogP contribution in [0.4, 0.5) is 0 Å². The molecule has 2 N–H and O–H groups in total. The first kappa shape index (κ1) is 14.9. The number of hydrogen-bond acceptors (Lipinski definition) is 5. The summed E-state index contributed by atoms with van der Waals surface area (Å²) < 4.78 is 0. The van der Waals surface area contributed by atoms with Crippen molar-refractivity contribution in [1.29, 1.82) is 0 Å². The molecule has 7 nitrogen and oxygen atoms in total. The maximum Gasteiger partial charge on any atom is 0.293 e. The number of carbonyl (C=O) groups excluding carboxylic acids is 1. The standard InChI is InChI=1S/C13H23N5O2/c1-3-11-14-12(16-15-11)13(20)18(8-9-19)10-4-6-17(2)7-5-10/h10,19H,3-9H2,1-2H3,(H,14,15,16). The van der Waals surface area contributed by atoms with Crippen molar-refractivity contribution in [1.82, 2.24) is 25.0 Å². The number of nitrogens with one attached hydrogen (secondary N) is 1. The van der Waals surface area contributed by atoms with Crippen LogP contribution >= 0.6 is 0 Å². The molecule has 0 aromatic carbocycles. The van der Waals surface area contributed by atoms with Gasteiger partial charge in [-0.05, 0) is 33.0 Å². The number of nitrogens with zero attached hydrogens (tertiary/aromatic N) is 4. The van der Waals surface area contributed by atoms with E-state index in [0.717, 1.165) is 25.9 Å². The highest BCUT2D eigenvalue weighted by Gasteiger charge is 2.29. The van der Waals surface area contributed by atoms with Crippen molar-refractivity contribution in [3.8, 4) is 0 Å². The number of aliphatic hydroxyl groups excluding tert-OH is 1. The molecule has 0 spiro atoms. The van der Waals surface area contributed by atoms with Gasteiger partial charge in [-0.3, -0.25) is 9.89 Å². The Bertz CT molecular complexity index is 440. The molecule has 7 heteroatoms. The smallest absolute Gasteiger partial charge is 0.293 e. The number of aliphatic hydroxyl groups is 1. The molecule has 1 amide bonds. The van der Waals surface area contributed by atoms with E-state index < -0.39 is 0 Å². The minimum Gasteiger partial charge on any atom is -0.395 e. The number of aryl methyl sites for hydroxylation is 1. The van der Waals surface area contributed by atoms with Crippen molar-refractivity contribution >= 4 is 5.91 Å². The number of hydrogen-bond donors (Lipinski definition) is 2. The van der Waals surface area contributed by atoms with E-state index in [9.17, 15) is 9.90 Å². The van der Waals surface area contributed by atoms with E-state index in [-0.39, 0.29) is 24.4 Å². The lowest BCUT2D eigenvalue weighted by Crippen LogP contribution is -2.47. The summed E-state index contributed by atoms with van der Waals surface area (Å²) in [7, 11) is 2.08. The molecule has 1 aliphatic rings. The van der Waals surface area contributed by atoms with E-state index in [1.807, 2.05) is 6.92 Å². The Balaban J connectivity index is 2.08. The van der Waals surface area contributed by atoms with Crippen LogP contribution in [0.15, 0.2) is 0 Å². The lowest BCUT2D eigenvalue weighted by Gasteiger charge is -2.36. The monoisotopic (exact) mass is 281 g/mol. The zero-order valence-electron chi connectivity index (χ0n) is 12.2. The molecule has 0 radical (unpaired) electrons. The lowest BCUT2D eigenvalue weighted by molar-refractivity contribution is 0.0528. The van der Waals surface area contributed by atoms with Crippen molar-refractivity contribution in [2.45, 2.75) is 32.2 Å². The fraction of sp³-hybridized carbons (Fsp3) is 0.769. The van der Waals surface area contributed by atoms with Crippen LogP contribution in [0.25, 0.3) is 0 Å². The fourth-order valence-electron chi connectivity index (χ4n) is 2.54. The molecule has 1 fully saturated rings. The highest BCUT2D eigenvalue weighted by atomic mass is 16.3. The zero-order chi connectivity index (χ0) is 14.5. The second kappa shape index (κ2) is 6.81. The molecular formula is C13H23N5O2. The van der Waals surface area contributed by atoms with Gasteiger partial charge in [0.1, 0.15) is 5.82 Å². The number of amides is 1. The minimum atomic E-state index is -0.190. The summed E-state index contributed by atoms with van der Waals surface area (Å²) in [6.45, 7) is 4.19. The summed E-state index contributed by atoms with van der Waals surface area (Å²) in [5, 5.41) is 16.0. The average molecular weight is 281 g/mol. The van der Waals surface area contributed by atoms with Gasteiger partial charge in [0.2, 0.25) is 5.82 Å². The van der Waals surface area contributed by atoms with Crippen LogP contribution in [0, 0.1) is 0 Å². The van der Waals surface area contributed by atoms with Gasteiger partial charge in [-0.2, -0.15) is 0 Å². The van der Waals surface area contributed by atoms with Gasteiger partial charge in [-0.1, -0.05) is 6.92 Å². The van der Waals surface area contributed by atoms with Crippen molar-refractivity contribution < 1.29 is 9.90 Å². The summed E-state index contributed by atoms with van der Waals surface area (Å²) in [5.41, 5.74) is 0. The quantitative estimate of drug-likeness (QED) is 0.787. The Morgan fingerprint density at radius 1 is 1.50 bits per heavy atom. The van der Waals surface area contributed by atoms with Crippen LogP contribution in [0.2, 0.25) is 0 Å². The van der Waals surface area contributed by atoms with Gasteiger partial charge in [-0.25, -0.2) is 4.98 Å². The maximum absolute atomic E-state index is 12.5. The number of piperidine rings is 1. The largest absolute Gasteiger partial charge is 0.395 e. The van der Waals surface area contributed by atoms with Gasteiger partial charge in [0, 0.05) is 19.0 Å². The summed E-state index contributed by atoms with van der Waals surface area (Å²) in [4.78, 5) is 20.7. The Hall–Kier alpha value is -1.47. The SMILES string of the molecule is CCc1nc(C(=O)N(CCO)C2CCN(C)CC2)n[nH]1. The van der Waals surface area contributed by atoms with Gasteiger partial charge >= 0.3 is 0 Å². The average Bonchev–Trinajstić information content (AvgIpc) is 2.94. The molecule has 2 heterocycles. The third-order valence-corrected chi connectivity index (χ3v) is 3.79. The highest BCUT2D eigenvalue weighted by Crippen LogP contribution is 2.17. The van der Waals surface area contributed by atoms with Crippen LogP contribution in [0.1, 0.15) is 36.2 Å².